The van der Waals surface area contributed by atoms with Gasteiger partial charge in [-0.1, -0.05) is 17.7 Å². The largest absolute Gasteiger partial charge is 0.496 e. The van der Waals surface area contributed by atoms with Crippen LogP contribution in [-0.2, 0) is 11.2 Å². The van der Waals surface area contributed by atoms with Crippen molar-refractivity contribution in [3.8, 4) is 5.75 Å². The molecule has 116 valence electrons. The second-order valence-corrected chi connectivity index (χ2v) is 5.85. The number of aryl methyl sites for hydroxylation is 1. The molecule has 2 rings (SSSR count). The van der Waals surface area contributed by atoms with Crippen LogP contribution in [0.2, 0.25) is 0 Å². The molecule has 1 unspecified atom stereocenters. The predicted octanol–water partition coefficient (Wildman–Crippen LogP) is 2.17. The summed E-state index contributed by atoms with van der Waals surface area (Å²) >= 11 is 0. The second kappa shape index (κ2) is 7.46. The summed E-state index contributed by atoms with van der Waals surface area (Å²) in [4.78, 5) is 14.4. The Balaban J connectivity index is 2.02. The molecular weight excluding hydrogens is 266 g/mol. The third-order valence-corrected chi connectivity index (χ3v) is 4.19. The molecule has 0 saturated carbocycles. The van der Waals surface area contributed by atoms with Gasteiger partial charge in [-0.25, -0.2) is 0 Å². The van der Waals surface area contributed by atoms with Gasteiger partial charge in [0, 0.05) is 25.3 Å². The molecule has 1 saturated heterocycles. The SMILES string of the molecule is COc1ccc(C)cc1CC(=O)N1CCCC(CCO)C1. The molecule has 4 nitrogen and oxygen atoms in total. The number of rotatable bonds is 5. The van der Waals surface area contributed by atoms with Crippen molar-refractivity contribution in [2.45, 2.75) is 32.6 Å². The molecule has 1 aliphatic rings. The summed E-state index contributed by atoms with van der Waals surface area (Å²) in [5.74, 6) is 1.37. The summed E-state index contributed by atoms with van der Waals surface area (Å²) < 4.78 is 5.34. The molecule has 1 amide bonds. The quantitative estimate of drug-likeness (QED) is 0.904. The molecule has 0 bridgehead atoms. The van der Waals surface area contributed by atoms with Gasteiger partial charge in [0.2, 0.25) is 5.91 Å². The molecule has 0 aromatic heterocycles. The average molecular weight is 291 g/mol. The Kier molecular flexibility index (Phi) is 5.62. The minimum Gasteiger partial charge on any atom is -0.496 e. The van der Waals surface area contributed by atoms with Gasteiger partial charge in [0.25, 0.3) is 0 Å². The summed E-state index contributed by atoms with van der Waals surface area (Å²) in [6.45, 7) is 3.83. The molecule has 0 radical (unpaired) electrons. The van der Waals surface area contributed by atoms with E-state index in [1.54, 1.807) is 7.11 Å². The van der Waals surface area contributed by atoms with Crippen molar-refractivity contribution in [3.05, 3.63) is 29.3 Å². The molecule has 1 fully saturated rings. The fourth-order valence-corrected chi connectivity index (χ4v) is 3.03. The summed E-state index contributed by atoms with van der Waals surface area (Å²) in [6, 6.07) is 5.93. The van der Waals surface area contributed by atoms with Crippen LogP contribution in [0.1, 0.15) is 30.4 Å². The van der Waals surface area contributed by atoms with Gasteiger partial charge in [-0.15, -0.1) is 0 Å². The van der Waals surface area contributed by atoms with E-state index >= 15 is 0 Å². The van der Waals surface area contributed by atoms with Crippen LogP contribution in [0.5, 0.6) is 5.75 Å². The lowest BCUT2D eigenvalue weighted by atomic mass is 9.94. The number of amides is 1. The Hall–Kier alpha value is -1.55. The zero-order chi connectivity index (χ0) is 15.2. The molecule has 1 aromatic rings. The molecule has 0 spiro atoms. The van der Waals surface area contributed by atoms with E-state index in [2.05, 4.69) is 0 Å². The van der Waals surface area contributed by atoms with Crippen LogP contribution in [0.25, 0.3) is 0 Å². The van der Waals surface area contributed by atoms with E-state index in [4.69, 9.17) is 9.84 Å². The van der Waals surface area contributed by atoms with Gasteiger partial charge in [0.05, 0.1) is 13.5 Å². The summed E-state index contributed by atoms with van der Waals surface area (Å²) in [5, 5.41) is 9.06. The maximum absolute atomic E-state index is 12.5. The van der Waals surface area contributed by atoms with E-state index in [0.29, 0.717) is 12.3 Å². The Morgan fingerprint density at radius 3 is 3.00 bits per heavy atom. The number of ether oxygens (including phenoxy) is 1. The van der Waals surface area contributed by atoms with E-state index in [0.717, 1.165) is 49.2 Å². The third kappa shape index (κ3) is 4.21. The van der Waals surface area contributed by atoms with E-state index in [1.807, 2.05) is 30.0 Å². The number of likely N-dealkylation sites (tertiary alicyclic amines) is 1. The van der Waals surface area contributed by atoms with E-state index in [1.165, 1.54) is 0 Å². The first-order valence-corrected chi connectivity index (χ1v) is 7.66. The summed E-state index contributed by atoms with van der Waals surface area (Å²) in [5.41, 5.74) is 2.09. The van der Waals surface area contributed by atoms with Crippen molar-refractivity contribution in [1.29, 1.82) is 0 Å². The Morgan fingerprint density at radius 1 is 1.48 bits per heavy atom. The number of carbonyl (C=O) groups is 1. The highest BCUT2D eigenvalue weighted by atomic mass is 16.5. The zero-order valence-corrected chi connectivity index (χ0v) is 13.0. The molecule has 1 heterocycles. The summed E-state index contributed by atoms with van der Waals surface area (Å²) in [6.07, 6.45) is 3.31. The lowest BCUT2D eigenvalue weighted by Gasteiger charge is -2.32. The Morgan fingerprint density at radius 2 is 2.29 bits per heavy atom. The van der Waals surface area contributed by atoms with Crippen molar-refractivity contribution in [3.63, 3.8) is 0 Å². The number of piperidine rings is 1. The highest BCUT2D eigenvalue weighted by Crippen LogP contribution is 2.23. The number of carbonyl (C=O) groups excluding carboxylic acids is 1. The highest BCUT2D eigenvalue weighted by Gasteiger charge is 2.23. The minimum atomic E-state index is 0.154. The van der Waals surface area contributed by atoms with Gasteiger partial charge in [-0.05, 0) is 38.2 Å². The van der Waals surface area contributed by atoms with Crippen molar-refractivity contribution < 1.29 is 14.6 Å². The molecule has 1 aromatic carbocycles. The third-order valence-electron chi connectivity index (χ3n) is 4.19. The van der Waals surface area contributed by atoms with Crippen molar-refractivity contribution in [2.75, 3.05) is 26.8 Å². The number of aliphatic hydroxyl groups is 1. The molecule has 4 heteroatoms. The van der Waals surface area contributed by atoms with Crippen LogP contribution in [0.3, 0.4) is 0 Å². The fourth-order valence-electron chi connectivity index (χ4n) is 3.03. The maximum Gasteiger partial charge on any atom is 0.227 e. The number of aliphatic hydroxyl groups excluding tert-OH is 1. The number of methoxy groups -OCH3 is 1. The van der Waals surface area contributed by atoms with Crippen molar-refractivity contribution in [1.82, 2.24) is 4.90 Å². The standard InChI is InChI=1S/C17H25NO3/c1-13-5-6-16(21-2)15(10-13)11-17(20)18-8-3-4-14(12-18)7-9-19/h5-6,10,14,19H,3-4,7-9,11-12H2,1-2H3. The Bertz CT molecular complexity index is 485. The predicted molar refractivity (Wildman–Crippen MR) is 82.4 cm³/mol. The number of hydrogen-bond acceptors (Lipinski definition) is 3. The van der Waals surface area contributed by atoms with Crippen LogP contribution in [-0.4, -0.2) is 42.7 Å². The molecular formula is C17H25NO3. The van der Waals surface area contributed by atoms with Gasteiger partial charge in [0.15, 0.2) is 0 Å². The van der Waals surface area contributed by atoms with E-state index < -0.39 is 0 Å². The highest BCUT2D eigenvalue weighted by molar-refractivity contribution is 5.79. The monoisotopic (exact) mass is 291 g/mol. The van der Waals surface area contributed by atoms with Gasteiger partial charge in [-0.3, -0.25) is 4.79 Å². The number of hydrogen-bond donors (Lipinski definition) is 1. The number of benzene rings is 1. The van der Waals surface area contributed by atoms with Crippen molar-refractivity contribution >= 4 is 5.91 Å². The average Bonchev–Trinajstić information content (AvgIpc) is 2.48. The van der Waals surface area contributed by atoms with Crippen LogP contribution >= 0.6 is 0 Å². The van der Waals surface area contributed by atoms with Crippen LogP contribution < -0.4 is 4.74 Å². The van der Waals surface area contributed by atoms with Crippen LogP contribution in [0, 0.1) is 12.8 Å². The van der Waals surface area contributed by atoms with Gasteiger partial charge in [-0.2, -0.15) is 0 Å². The van der Waals surface area contributed by atoms with Gasteiger partial charge >= 0.3 is 0 Å². The van der Waals surface area contributed by atoms with E-state index in [9.17, 15) is 4.79 Å². The van der Waals surface area contributed by atoms with Crippen LogP contribution in [0.15, 0.2) is 18.2 Å². The van der Waals surface area contributed by atoms with Gasteiger partial charge < -0.3 is 14.7 Å². The maximum atomic E-state index is 12.5. The first-order valence-electron chi connectivity index (χ1n) is 7.66. The molecule has 1 atom stereocenters. The molecule has 1 N–H and O–H groups in total. The minimum absolute atomic E-state index is 0.154. The summed E-state index contributed by atoms with van der Waals surface area (Å²) in [7, 11) is 1.64. The van der Waals surface area contributed by atoms with Crippen LogP contribution in [0.4, 0.5) is 0 Å². The molecule has 21 heavy (non-hydrogen) atoms. The second-order valence-electron chi connectivity index (χ2n) is 5.85. The lowest BCUT2D eigenvalue weighted by molar-refractivity contribution is -0.132. The topological polar surface area (TPSA) is 49.8 Å². The first-order chi connectivity index (χ1) is 10.1. The van der Waals surface area contributed by atoms with E-state index in [-0.39, 0.29) is 12.5 Å². The molecule has 1 aliphatic heterocycles. The number of nitrogens with zero attached hydrogens (tertiary/aromatic N) is 1. The smallest absolute Gasteiger partial charge is 0.227 e. The fraction of sp³-hybridized carbons (Fsp3) is 0.588. The first kappa shape index (κ1) is 15.8. The normalized spacial score (nSPS) is 18.6. The van der Waals surface area contributed by atoms with Crippen molar-refractivity contribution in [2.24, 2.45) is 5.92 Å². The van der Waals surface area contributed by atoms with Gasteiger partial charge in [0.1, 0.15) is 5.75 Å². The Labute approximate surface area is 126 Å². The lowest BCUT2D eigenvalue weighted by Crippen LogP contribution is -2.41. The molecule has 0 aliphatic carbocycles. The zero-order valence-electron chi connectivity index (χ0n) is 13.0.